The van der Waals surface area contributed by atoms with E-state index in [1.807, 2.05) is 0 Å². The van der Waals surface area contributed by atoms with Gasteiger partial charge in [0.15, 0.2) is 0 Å². The minimum absolute atomic E-state index is 0.318. The summed E-state index contributed by atoms with van der Waals surface area (Å²) >= 11 is 0. The number of hydrogen-bond acceptors (Lipinski definition) is 1. The summed E-state index contributed by atoms with van der Waals surface area (Å²) in [6.07, 6.45) is 3.96. The summed E-state index contributed by atoms with van der Waals surface area (Å²) in [4.78, 5) is 0. The van der Waals surface area contributed by atoms with Gasteiger partial charge in [0, 0.05) is 6.04 Å². The predicted octanol–water partition coefficient (Wildman–Crippen LogP) is 4.70. The lowest BCUT2D eigenvalue weighted by Crippen LogP contribution is -2.35. The Labute approximate surface area is 110 Å². The quantitative estimate of drug-likeness (QED) is 0.654. The van der Waals surface area contributed by atoms with Gasteiger partial charge in [-0.15, -0.1) is 0 Å². The van der Waals surface area contributed by atoms with Crippen LogP contribution in [0.5, 0.6) is 0 Å². The molecule has 0 aliphatic carbocycles. The fourth-order valence-corrected chi connectivity index (χ4v) is 2.71. The highest BCUT2D eigenvalue weighted by Gasteiger charge is 2.28. The van der Waals surface area contributed by atoms with Gasteiger partial charge in [-0.05, 0) is 42.9 Å². The first kappa shape index (κ1) is 17.0. The Balaban J connectivity index is 4.59. The van der Waals surface area contributed by atoms with Gasteiger partial charge >= 0.3 is 0 Å². The van der Waals surface area contributed by atoms with Crippen molar-refractivity contribution in [3.05, 3.63) is 0 Å². The first-order valence-corrected chi connectivity index (χ1v) is 7.56. The third-order valence-electron chi connectivity index (χ3n) is 4.80. The zero-order valence-electron chi connectivity index (χ0n) is 13.2. The van der Waals surface area contributed by atoms with Crippen molar-refractivity contribution in [3.63, 3.8) is 0 Å². The molecule has 0 bridgehead atoms. The molecule has 0 aromatic heterocycles. The van der Waals surface area contributed by atoms with Gasteiger partial charge in [-0.25, -0.2) is 0 Å². The average molecular weight is 241 g/mol. The molecule has 17 heavy (non-hydrogen) atoms. The molecule has 0 unspecified atom stereocenters. The van der Waals surface area contributed by atoms with Gasteiger partial charge in [0.25, 0.3) is 0 Å². The number of rotatable bonds is 8. The highest BCUT2D eigenvalue weighted by Crippen LogP contribution is 2.34. The van der Waals surface area contributed by atoms with E-state index in [4.69, 9.17) is 5.73 Å². The summed E-state index contributed by atoms with van der Waals surface area (Å²) in [7, 11) is 0. The van der Waals surface area contributed by atoms with Crippen LogP contribution in [-0.2, 0) is 0 Å². The van der Waals surface area contributed by atoms with Crippen LogP contribution < -0.4 is 5.73 Å². The van der Waals surface area contributed by atoms with Crippen molar-refractivity contribution in [1.82, 2.24) is 0 Å². The van der Waals surface area contributed by atoms with Crippen LogP contribution in [0.4, 0.5) is 0 Å². The zero-order valence-corrected chi connectivity index (χ0v) is 13.2. The van der Waals surface area contributed by atoms with Crippen LogP contribution in [0, 0.1) is 29.6 Å². The Bertz CT molecular complexity index is 186. The summed E-state index contributed by atoms with van der Waals surface area (Å²) in [6.45, 7) is 16.3. The van der Waals surface area contributed by atoms with Crippen molar-refractivity contribution >= 4 is 0 Å². The van der Waals surface area contributed by atoms with Crippen LogP contribution in [0.2, 0.25) is 0 Å². The Morgan fingerprint density at radius 3 is 1.71 bits per heavy atom. The summed E-state index contributed by atoms with van der Waals surface area (Å²) in [5.74, 6) is 3.83. The molecular formula is C16H35N. The molecule has 0 rings (SSSR count). The highest BCUT2D eigenvalue weighted by atomic mass is 14.6. The Hall–Kier alpha value is -0.0400. The molecule has 0 heterocycles. The molecule has 0 aromatic rings. The van der Waals surface area contributed by atoms with Gasteiger partial charge < -0.3 is 5.73 Å². The molecule has 0 aliphatic rings. The number of nitrogens with two attached hydrogens (primary N) is 1. The second kappa shape index (κ2) is 8.13. The SMILES string of the molecule is CC[C@H](C)[C@H](C)[C@H](CCC(C)C)[C@H](C)[C@H](C)N. The highest BCUT2D eigenvalue weighted by molar-refractivity contribution is 4.80. The van der Waals surface area contributed by atoms with Gasteiger partial charge in [0.05, 0.1) is 0 Å². The molecule has 0 aromatic carbocycles. The maximum absolute atomic E-state index is 6.12. The summed E-state index contributed by atoms with van der Waals surface area (Å²) in [5, 5.41) is 0. The molecule has 0 aliphatic heterocycles. The van der Waals surface area contributed by atoms with Crippen LogP contribution in [-0.4, -0.2) is 6.04 Å². The van der Waals surface area contributed by atoms with E-state index in [1.165, 1.54) is 19.3 Å². The zero-order chi connectivity index (χ0) is 13.6. The lowest BCUT2D eigenvalue weighted by atomic mass is 9.71. The molecule has 0 spiro atoms. The Morgan fingerprint density at radius 1 is 0.824 bits per heavy atom. The van der Waals surface area contributed by atoms with E-state index < -0.39 is 0 Å². The van der Waals surface area contributed by atoms with E-state index in [-0.39, 0.29) is 0 Å². The molecule has 0 saturated heterocycles. The third kappa shape index (κ3) is 5.90. The summed E-state index contributed by atoms with van der Waals surface area (Å²) < 4.78 is 0. The Kier molecular flexibility index (Phi) is 8.11. The van der Waals surface area contributed by atoms with Crippen molar-refractivity contribution in [2.75, 3.05) is 0 Å². The fraction of sp³-hybridized carbons (Fsp3) is 1.00. The molecule has 2 N–H and O–H groups in total. The van der Waals surface area contributed by atoms with Gasteiger partial charge in [-0.2, -0.15) is 0 Å². The van der Waals surface area contributed by atoms with Crippen molar-refractivity contribution < 1.29 is 0 Å². The van der Waals surface area contributed by atoms with E-state index in [2.05, 4.69) is 48.5 Å². The average Bonchev–Trinajstić information content (AvgIpc) is 2.26. The largest absolute Gasteiger partial charge is 0.328 e. The molecule has 0 radical (unpaired) electrons. The topological polar surface area (TPSA) is 26.0 Å². The Morgan fingerprint density at radius 2 is 1.35 bits per heavy atom. The fourth-order valence-electron chi connectivity index (χ4n) is 2.71. The minimum atomic E-state index is 0.318. The van der Waals surface area contributed by atoms with Gasteiger partial charge in [-0.3, -0.25) is 0 Å². The van der Waals surface area contributed by atoms with E-state index >= 15 is 0 Å². The minimum Gasteiger partial charge on any atom is -0.328 e. The van der Waals surface area contributed by atoms with Crippen molar-refractivity contribution in [2.45, 2.75) is 73.8 Å². The summed E-state index contributed by atoms with van der Waals surface area (Å²) in [6, 6.07) is 0.318. The summed E-state index contributed by atoms with van der Waals surface area (Å²) in [5.41, 5.74) is 6.12. The maximum Gasteiger partial charge on any atom is 0.00388 e. The molecule has 104 valence electrons. The van der Waals surface area contributed by atoms with Crippen LogP contribution in [0.3, 0.4) is 0 Å². The van der Waals surface area contributed by atoms with Crippen LogP contribution in [0.1, 0.15) is 67.7 Å². The van der Waals surface area contributed by atoms with Crippen molar-refractivity contribution in [2.24, 2.45) is 35.3 Å². The molecule has 1 heteroatoms. The lowest BCUT2D eigenvalue weighted by molar-refractivity contribution is 0.156. The van der Waals surface area contributed by atoms with Crippen LogP contribution >= 0.6 is 0 Å². The van der Waals surface area contributed by atoms with Crippen molar-refractivity contribution in [3.8, 4) is 0 Å². The number of hydrogen-bond donors (Lipinski definition) is 1. The second-order valence-electron chi connectivity index (χ2n) is 6.60. The smallest absolute Gasteiger partial charge is 0.00388 e. The van der Waals surface area contributed by atoms with E-state index in [1.54, 1.807) is 0 Å². The van der Waals surface area contributed by atoms with E-state index in [0.717, 1.165) is 23.7 Å². The second-order valence-corrected chi connectivity index (χ2v) is 6.60. The van der Waals surface area contributed by atoms with Gasteiger partial charge in [0.2, 0.25) is 0 Å². The predicted molar refractivity (Wildman–Crippen MR) is 79.0 cm³/mol. The lowest BCUT2D eigenvalue weighted by Gasteiger charge is -2.35. The monoisotopic (exact) mass is 241 g/mol. The normalized spacial score (nSPS) is 21.0. The van der Waals surface area contributed by atoms with Gasteiger partial charge in [-0.1, -0.05) is 54.4 Å². The van der Waals surface area contributed by atoms with Crippen molar-refractivity contribution in [1.29, 1.82) is 0 Å². The van der Waals surface area contributed by atoms with Gasteiger partial charge in [0.1, 0.15) is 0 Å². The van der Waals surface area contributed by atoms with Crippen LogP contribution in [0.15, 0.2) is 0 Å². The molecule has 5 atom stereocenters. The van der Waals surface area contributed by atoms with Crippen LogP contribution in [0.25, 0.3) is 0 Å². The van der Waals surface area contributed by atoms with E-state index in [9.17, 15) is 0 Å². The molecule has 0 fully saturated rings. The molecular weight excluding hydrogens is 206 g/mol. The standard InChI is InChI=1S/C16H35N/c1-8-12(4)13(5)16(10-9-11(2)3)14(6)15(7)17/h11-16H,8-10,17H2,1-7H3/t12-,13-,14+,15-,16-/m0/s1. The maximum atomic E-state index is 6.12. The third-order valence-corrected chi connectivity index (χ3v) is 4.80. The first-order valence-electron chi connectivity index (χ1n) is 7.56. The first-order chi connectivity index (χ1) is 7.81. The molecule has 0 amide bonds. The van der Waals surface area contributed by atoms with E-state index in [0.29, 0.717) is 12.0 Å². The molecule has 0 saturated carbocycles. The molecule has 1 nitrogen and oxygen atoms in total.